The number of nitrogens with one attached hydrogen (secondary N) is 1. The number of halogens is 3. The van der Waals surface area contributed by atoms with Crippen LogP contribution >= 0.6 is 0 Å². The third-order valence-electron chi connectivity index (χ3n) is 4.32. The monoisotopic (exact) mass is 346 g/mol. The van der Waals surface area contributed by atoms with Gasteiger partial charge in [-0.15, -0.1) is 0 Å². The molecule has 1 aliphatic rings. The predicted octanol–water partition coefficient (Wildman–Crippen LogP) is 3.30. The van der Waals surface area contributed by atoms with E-state index in [1.807, 2.05) is 19.1 Å². The van der Waals surface area contributed by atoms with Gasteiger partial charge in [-0.05, 0) is 31.0 Å². The Balaban J connectivity index is 2.41. The summed E-state index contributed by atoms with van der Waals surface area (Å²) in [5.74, 6) is 1.16. The third kappa shape index (κ3) is 4.77. The largest absolute Gasteiger partial charge is 0.496 e. The smallest absolute Gasteiger partial charge is 0.389 e. The molecule has 0 aromatic heterocycles. The van der Waals surface area contributed by atoms with Crippen LogP contribution in [0.3, 0.4) is 0 Å². The highest BCUT2D eigenvalue weighted by atomic mass is 19.4. The summed E-state index contributed by atoms with van der Waals surface area (Å²) in [7, 11) is 3.08. The fourth-order valence-electron chi connectivity index (χ4n) is 3.20. The lowest BCUT2D eigenvalue weighted by Crippen LogP contribution is -2.45. The van der Waals surface area contributed by atoms with Crippen LogP contribution in [0.5, 0.6) is 11.5 Å². The summed E-state index contributed by atoms with van der Waals surface area (Å²) >= 11 is 0. The molecule has 0 saturated carbocycles. The zero-order chi connectivity index (χ0) is 17.7. The zero-order valence-corrected chi connectivity index (χ0v) is 14.4. The highest BCUT2D eigenvalue weighted by Crippen LogP contribution is 2.42. The van der Waals surface area contributed by atoms with Gasteiger partial charge >= 0.3 is 6.18 Å². The van der Waals surface area contributed by atoms with Gasteiger partial charge < -0.3 is 14.8 Å². The molecule has 1 aliphatic heterocycles. The van der Waals surface area contributed by atoms with Gasteiger partial charge in [-0.1, -0.05) is 0 Å². The van der Waals surface area contributed by atoms with Crippen molar-refractivity contribution in [3.8, 4) is 11.5 Å². The van der Waals surface area contributed by atoms with Crippen molar-refractivity contribution in [2.24, 2.45) is 0 Å². The molecule has 1 N–H and O–H groups in total. The van der Waals surface area contributed by atoms with E-state index in [0.29, 0.717) is 30.2 Å². The maximum atomic E-state index is 12.8. The molecule has 1 atom stereocenters. The fraction of sp³-hybridized carbons (Fsp3) is 0.647. The van der Waals surface area contributed by atoms with Gasteiger partial charge in [0.25, 0.3) is 0 Å². The molecule has 0 bridgehead atoms. The van der Waals surface area contributed by atoms with Gasteiger partial charge in [-0.2, -0.15) is 13.2 Å². The van der Waals surface area contributed by atoms with Crippen molar-refractivity contribution in [1.82, 2.24) is 10.2 Å². The second-order valence-corrected chi connectivity index (χ2v) is 6.04. The van der Waals surface area contributed by atoms with Gasteiger partial charge in [-0.25, -0.2) is 0 Å². The Morgan fingerprint density at radius 2 is 1.67 bits per heavy atom. The van der Waals surface area contributed by atoms with Gasteiger partial charge in [0.15, 0.2) is 0 Å². The number of ether oxygens (including phenoxy) is 2. The normalized spacial score (nSPS) is 17.6. The van der Waals surface area contributed by atoms with Crippen LogP contribution in [0.1, 0.15) is 30.0 Å². The minimum Gasteiger partial charge on any atom is -0.496 e. The lowest BCUT2D eigenvalue weighted by molar-refractivity contribution is -0.138. The Morgan fingerprint density at radius 1 is 1.12 bits per heavy atom. The molecule has 4 nitrogen and oxygen atoms in total. The average Bonchev–Trinajstić information content (AvgIpc) is 2.55. The van der Waals surface area contributed by atoms with E-state index in [9.17, 15) is 13.2 Å². The highest BCUT2D eigenvalue weighted by molar-refractivity contribution is 5.50. The van der Waals surface area contributed by atoms with E-state index >= 15 is 0 Å². The van der Waals surface area contributed by atoms with E-state index in [2.05, 4.69) is 10.2 Å². The summed E-state index contributed by atoms with van der Waals surface area (Å²) < 4.78 is 49.4. The van der Waals surface area contributed by atoms with E-state index in [-0.39, 0.29) is 12.5 Å². The van der Waals surface area contributed by atoms with Crippen LogP contribution < -0.4 is 14.8 Å². The van der Waals surface area contributed by atoms with Crippen molar-refractivity contribution >= 4 is 0 Å². The van der Waals surface area contributed by atoms with Gasteiger partial charge in [0, 0.05) is 38.6 Å². The van der Waals surface area contributed by atoms with Crippen molar-refractivity contribution in [2.45, 2.75) is 32.0 Å². The molecule has 0 unspecified atom stereocenters. The average molecular weight is 346 g/mol. The number of nitrogens with zero attached hydrogens (tertiary/aromatic N) is 1. The Kier molecular flexibility index (Phi) is 6.34. The summed E-state index contributed by atoms with van der Waals surface area (Å²) in [4.78, 5) is 2.08. The molecule has 136 valence electrons. The molecule has 1 saturated heterocycles. The van der Waals surface area contributed by atoms with Crippen molar-refractivity contribution < 1.29 is 22.6 Å². The standard InChI is InChI=1S/C17H25F3N2O2/c1-12-10-14(23-2)16(15(11-12)24-3)13(4-5-17(18,19)20)22-8-6-21-7-9-22/h10-11,13,21H,4-9H2,1-3H3/t13-/m1/s1. The van der Waals surface area contributed by atoms with E-state index < -0.39 is 12.6 Å². The summed E-state index contributed by atoms with van der Waals surface area (Å²) in [5, 5.41) is 3.23. The minimum atomic E-state index is -4.18. The first-order valence-corrected chi connectivity index (χ1v) is 8.09. The number of rotatable bonds is 6. The van der Waals surface area contributed by atoms with E-state index in [0.717, 1.165) is 18.7 Å². The van der Waals surface area contributed by atoms with Crippen LogP contribution in [0.15, 0.2) is 12.1 Å². The second kappa shape index (κ2) is 8.07. The first kappa shape index (κ1) is 18.9. The maximum absolute atomic E-state index is 12.8. The van der Waals surface area contributed by atoms with Crippen LogP contribution in [0, 0.1) is 6.92 Å². The first-order valence-electron chi connectivity index (χ1n) is 8.09. The SMILES string of the molecule is COc1cc(C)cc(OC)c1[C@@H](CCC(F)(F)F)N1CCNCC1. The molecule has 7 heteroatoms. The molecular formula is C17H25F3N2O2. The molecule has 0 radical (unpaired) electrons. The molecule has 2 rings (SSSR count). The molecule has 0 amide bonds. The molecule has 24 heavy (non-hydrogen) atoms. The van der Waals surface area contributed by atoms with Crippen LogP contribution in [0.2, 0.25) is 0 Å². The predicted molar refractivity (Wildman–Crippen MR) is 86.8 cm³/mol. The van der Waals surface area contributed by atoms with E-state index in [1.54, 1.807) is 0 Å². The Labute approximate surface area is 140 Å². The molecule has 1 heterocycles. The molecule has 1 aromatic rings. The Bertz CT molecular complexity index is 518. The fourth-order valence-corrected chi connectivity index (χ4v) is 3.20. The number of hydrogen-bond donors (Lipinski definition) is 1. The molecule has 0 spiro atoms. The third-order valence-corrected chi connectivity index (χ3v) is 4.32. The zero-order valence-electron chi connectivity index (χ0n) is 14.4. The molecule has 1 fully saturated rings. The molecular weight excluding hydrogens is 321 g/mol. The summed E-state index contributed by atoms with van der Waals surface area (Å²) in [6, 6.07) is 3.31. The van der Waals surface area contributed by atoms with Crippen molar-refractivity contribution in [3.05, 3.63) is 23.3 Å². The van der Waals surface area contributed by atoms with E-state index in [1.165, 1.54) is 14.2 Å². The van der Waals surface area contributed by atoms with Crippen molar-refractivity contribution in [1.29, 1.82) is 0 Å². The molecule has 1 aromatic carbocycles. The summed E-state index contributed by atoms with van der Waals surface area (Å²) in [5.41, 5.74) is 1.65. The second-order valence-electron chi connectivity index (χ2n) is 6.04. The van der Waals surface area contributed by atoms with Crippen molar-refractivity contribution in [3.63, 3.8) is 0 Å². The minimum absolute atomic E-state index is 0.0146. The van der Waals surface area contributed by atoms with Crippen LogP contribution in [0.25, 0.3) is 0 Å². The topological polar surface area (TPSA) is 33.7 Å². The highest BCUT2D eigenvalue weighted by Gasteiger charge is 2.34. The van der Waals surface area contributed by atoms with Gasteiger partial charge in [-0.3, -0.25) is 4.90 Å². The van der Waals surface area contributed by atoms with Gasteiger partial charge in [0.05, 0.1) is 19.8 Å². The number of benzene rings is 1. The number of alkyl halides is 3. The maximum Gasteiger partial charge on any atom is 0.389 e. The van der Waals surface area contributed by atoms with Gasteiger partial charge in [0.1, 0.15) is 11.5 Å². The first-order chi connectivity index (χ1) is 11.4. The van der Waals surface area contributed by atoms with Crippen LogP contribution in [-0.2, 0) is 0 Å². The summed E-state index contributed by atoms with van der Waals surface area (Å²) in [6.45, 7) is 4.83. The number of piperazine rings is 1. The lowest BCUT2D eigenvalue weighted by Gasteiger charge is -2.36. The van der Waals surface area contributed by atoms with E-state index in [4.69, 9.17) is 9.47 Å². The van der Waals surface area contributed by atoms with Gasteiger partial charge in [0.2, 0.25) is 0 Å². The Hall–Kier alpha value is -1.47. The number of hydrogen-bond acceptors (Lipinski definition) is 4. The molecule has 0 aliphatic carbocycles. The van der Waals surface area contributed by atoms with Crippen LogP contribution in [-0.4, -0.2) is 51.5 Å². The number of methoxy groups -OCH3 is 2. The Morgan fingerprint density at radius 3 is 2.12 bits per heavy atom. The quantitative estimate of drug-likeness (QED) is 0.857. The number of aryl methyl sites for hydroxylation is 1. The van der Waals surface area contributed by atoms with Crippen molar-refractivity contribution in [2.75, 3.05) is 40.4 Å². The summed E-state index contributed by atoms with van der Waals surface area (Å²) in [6.07, 6.45) is -5.03. The lowest BCUT2D eigenvalue weighted by atomic mass is 9.96. The van der Waals surface area contributed by atoms with Crippen LogP contribution in [0.4, 0.5) is 13.2 Å².